The van der Waals surface area contributed by atoms with E-state index in [1.54, 1.807) is 6.08 Å². The molecule has 0 unspecified atom stereocenters. The second-order valence-electron chi connectivity index (χ2n) is 5.36. The van der Waals surface area contributed by atoms with Crippen molar-refractivity contribution in [1.29, 1.82) is 0 Å². The number of aryl methyl sites for hydroxylation is 2. The molecule has 0 fully saturated rings. The van der Waals surface area contributed by atoms with Crippen LogP contribution in [0.2, 0.25) is 0 Å². The first-order valence-corrected chi connectivity index (χ1v) is 7.67. The lowest BCUT2D eigenvalue weighted by Crippen LogP contribution is -1.96. The van der Waals surface area contributed by atoms with Crippen molar-refractivity contribution in [3.8, 4) is 5.69 Å². The highest BCUT2D eigenvalue weighted by molar-refractivity contribution is 6.06. The summed E-state index contributed by atoms with van der Waals surface area (Å²) in [6.45, 7) is 4.81. The standard InChI is InChI=1S/C19H19N3O/c1-3-22-14-17(15(2)20-22)8-11-19(23)16-6-9-18(10-7-16)21-12-4-5-13-21/h4-14H,3H2,1-2H3/b11-8+. The second-order valence-corrected chi connectivity index (χ2v) is 5.36. The van der Waals surface area contributed by atoms with E-state index in [-0.39, 0.29) is 5.78 Å². The largest absolute Gasteiger partial charge is 0.324 e. The van der Waals surface area contributed by atoms with Gasteiger partial charge in [0.05, 0.1) is 5.69 Å². The fourth-order valence-corrected chi connectivity index (χ4v) is 2.43. The van der Waals surface area contributed by atoms with E-state index in [0.717, 1.165) is 23.5 Å². The van der Waals surface area contributed by atoms with Gasteiger partial charge in [0.2, 0.25) is 0 Å². The Morgan fingerprint density at radius 1 is 1.17 bits per heavy atom. The van der Waals surface area contributed by atoms with Gasteiger partial charge in [-0.3, -0.25) is 9.48 Å². The number of carbonyl (C=O) groups excluding carboxylic acids is 1. The molecule has 1 aromatic carbocycles. The minimum absolute atomic E-state index is 0.00676. The molecule has 2 aromatic heterocycles. The zero-order chi connectivity index (χ0) is 16.2. The highest BCUT2D eigenvalue weighted by Gasteiger charge is 2.04. The summed E-state index contributed by atoms with van der Waals surface area (Å²) in [4.78, 5) is 12.3. The molecule has 0 saturated heterocycles. The number of rotatable bonds is 5. The highest BCUT2D eigenvalue weighted by Crippen LogP contribution is 2.13. The number of allylic oxidation sites excluding steroid dienone is 1. The quantitative estimate of drug-likeness (QED) is 0.530. The van der Waals surface area contributed by atoms with Gasteiger partial charge in [-0.05, 0) is 62.4 Å². The molecule has 0 saturated carbocycles. The first kappa shape index (κ1) is 15.0. The Hall–Kier alpha value is -2.88. The van der Waals surface area contributed by atoms with Crippen LogP contribution in [-0.4, -0.2) is 20.1 Å². The molecule has 0 aliphatic carbocycles. The van der Waals surface area contributed by atoms with E-state index in [0.29, 0.717) is 5.56 Å². The first-order valence-electron chi connectivity index (χ1n) is 7.67. The molecule has 3 aromatic rings. The van der Waals surface area contributed by atoms with Gasteiger partial charge < -0.3 is 4.57 Å². The third-order valence-corrected chi connectivity index (χ3v) is 3.78. The van der Waals surface area contributed by atoms with Crippen LogP contribution in [0.5, 0.6) is 0 Å². The van der Waals surface area contributed by atoms with Crippen LogP contribution in [0.3, 0.4) is 0 Å². The Bertz CT molecular complexity index is 824. The summed E-state index contributed by atoms with van der Waals surface area (Å²) < 4.78 is 3.87. The average Bonchev–Trinajstić information content (AvgIpc) is 3.22. The molecule has 116 valence electrons. The predicted octanol–water partition coefficient (Wildman–Crippen LogP) is 3.90. The zero-order valence-corrected chi connectivity index (χ0v) is 13.3. The van der Waals surface area contributed by atoms with Crippen LogP contribution >= 0.6 is 0 Å². The van der Waals surface area contributed by atoms with Crippen molar-refractivity contribution >= 4 is 11.9 Å². The maximum absolute atomic E-state index is 12.3. The van der Waals surface area contributed by atoms with Crippen molar-refractivity contribution in [1.82, 2.24) is 14.3 Å². The first-order chi connectivity index (χ1) is 11.2. The average molecular weight is 305 g/mol. The number of nitrogens with zero attached hydrogens (tertiary/aromatic N) is 3. The van der Waals surface area contributed by atoms with Crippen LogP contribution in [0.15, 0.2) is 61.1 Å². The summed E-state index contributed by atoms with van der Waals surface area (Å²) in [5.74, 6) is -0.00676. The normalized spacial score (nSPS) is 11.2. The van der Waals surface area contributed by atoms with Crippen molar-refractivity contribution in [3.63, 3.8) is 0 Å². The van der Waals surface area contributed by atoms with Crippen LogP contribution in [0, 0.1) is 6.92 Å². The SMILES string of the molecule is CCn1cc(/C=C/C(=O)c2ccc(-n3cccc3)cc2)c(C)n1. The Balaban J connectivity index is 1.75. The predicted molar refractivity (Wildman–Crippen MR) is 91.8 cm³/mol. The number of carbonyl (C=O) groups is 1. The number of aromatic nitrogens is 3. The lowest BCUT2D eigenvalue weighted by molar-refractivity contribution is 0.104. The summed E-state index contributed by atoms with van der Waals surface area (Å²) in [6.07, 6.45) is 9.34. The summed E-state index contributed by atoms with van der Waals surface area (Å²) in [5.41, 5.74) is 3.62. The van der Waals surface area contributed by atoms with E-state index in [9.17, 15) is 4.79 Å². The van der Waals surface area contributed by atoms with Gasteiger partial charge in [0.15, 0.2) is 5.78 Å². The van der Waals surface area contributed by atoms with Gasteiger partial charge in [0, 0.05) is 41.9 Å². The van der Waals surface area contributed by atoms with Crippen LogP contribution in [0.1, 0.15) is 28.5 Å². The van der Waals surface area contributed by atoms with E-state index in [2.05, 4.69) is 5.10 Å². The molecule has 0 aliphatic rings. The van der Waals surface area contributed by atoms with E-state index in [4.69, 9.17) is 0 Å². The molecule has 0 radical (unpaired) electrons. The van der Waals surface area contributed by atoms with E-state index in [1.165, 1.54) is 0 Å². The van der Waals surface area contributed by atoms with Gasteiger partial charge in [-0.15, -0.1) is 0 Å². The lowest BCUT2D eigenvalue weighted by Gasteiger charge is -2.03. The topological polar surface area (TPSA) is 39.8 Å². The van der Waals surface area contributed by atoms with Gasteiger partial charge >= 0.3 is 0 Å². The molecule has 23 heavy (non-hydrogen) atoms. The maximum Gasteiger partial charge on any atom is 0.185 e. The van der Waals surface area contributed by atoms with Crippen LogP contribution in [0.25, 0.3) is 11.8 Å². The summed E-state index contributed by atoms with van der Waals surface area (Å²) in [5, 5.41) is 4.37. The van der Waals surface area contributed by atoms with Gasteiger partial charge in [-0.1, -0.05) is 0 Å². The monoisotopic (exact) mass is 305 g/mol. The third kappa shape index (κ3) is 3.31. The Kier molecular flexibility index (Phi) is 4.24. The fourth-order valence-electron chi connectivity index (χ4n) is 2.43. The number of hydrogen-bond donors (Lipinski definition) is 0. The molecule has 0 aliphatic heterocycles. The molecule has 3 rings (SSSR count). The van der Waals surface area contributed by atoms with Gasteiger partial charge in [0.1, 0.15) is 0 Å². The van der Waals surface area contributed by atoms with Crippen LogP contribution in [0.4, 0.5) is 0 Å². The Labute approximate surface area is 135 Å². The Morgan fingerprint density at radius 2 is 1.87 bits per heavy atom. The molecular formula is C19H19N3O. The fraction of sp³-hybridized carbons (Fsp3) is 0.158. The Morgan fingerprint density at radius 3 is 2.48 bits per heavy atom. The lowest BCUT2D eigenvalue weighted by atomic mass is 10.1. The summed E-state index contributed by atoms with van der Waals surface area (Å²) >= 11 is 0. The molecule has 0 atom stereocenters. The van der Waals surface area contributed by atoms with E-state index >= 15 is 0 Å². The van der Waals surface area contributed by atoms with Gasteiger partial charge in [-0.2, -0.15) is 5.10 Å². The smallest absolute Gasteiger partial charge is 0.185 e. The van der Waals surface area contributed by atoms with E-state index < -0.39 is 0 Å². The van der Waals surface area contributed by atoms with Crippen molar-refractivity contribution in [2.45, 2.75) is 20.4 Å². The minimum atomic E-state index is -0.00676. The molecule has 0 amide bonds. The zero-order valence-electron chi connectivity index (χ0n) is 13.3. The molecule has 4 nitrogen and oxygen atoms in total. The van der Waals surface area contributed by atoms with Gasteiger partial charge in [-0.25, -0.2) is 0 Å². The molecular weight excluding hydrogens is 286 g/mol. The van der Waals surface area contributed by atoms with Crippen molar-refractivity contribution in [2.75, 3.05) is 0 Å². The van der Waals surface area contributed by atoms with E-state index in [1.807, 2.05) is 84.2 Å². The molecule has 2 heterocycles. The van der Waals surface area contributed by atoms with Crippen molar-refractivity contribution in [3.05, 3.63) is 77.9 Å². The van der Waals surface area contributed by atoms with Crippen molar-refractivity contribution < 1.29 is 4.79 Å². The summed E-state index contributed by atoms with van der Waals surface area (Å²) in [7, 11) is 0. The molecule has 4 heteroatoms. The van der Waals surface area contributed by atoms with Crippen molar-refractivity contribution in [2.24, 2.45) is 0 Å². The second kappa shape index (κ2) is 6.48. The number of ketones is 1. The minimum Gasteiger partial charge on any atom is -0.324 e. The molecule has 0 bridgehead atoms. The molecule has 0 spiro atoms. The number of hydrogen-bond acceptors (Lipinski definition) is 2. The highest BCUT2D eigenvalue weighted by atomic mass is 16.1. The molecule has 0 N–H and O–H groups in total. The summed E-state index contributed by atoms with van der Waals surface area (Å²) in [6, 6.07) is 11.5. The van der Waals surface area contributed by atoms with Crippen LogP contribution < -0.4 is 0 Å². The van der Waals surface area contributed by atoms with Crippen LogP contribution in [-0.2, 0) is 6.54 Å². The van der Waals surface area contributed by atoms with Gasteiger partial charge in [0.25, 0.3) is 0 Å². The maximum atomic E-state index is 12.3. The third-order valence-electron chi connectivity index (χ3n) is 3.78. The number of benzene rings is 1.